The van der Waals surface area contributed by atoms with E-state index in [-0.39, 0.29) is 11.7 Å². The summed E-state index contributed by atoms with van der Waals surface area (Å²) in [5.74, 6) is 0.0385. The number of nitrogens with zero attached hydrogens (tertiary/aromatic N) is 3. The van der Waals surface area contributed by atoms with E-state index in [4.69, 9.17) is 5.26 Å². The maximum atomic E-state index is 12.0. The maximum Gasteiger partial charge on any atom is 0.235 e. The molecule has 0 saturated heterocycles. The minimum atomic E-state index is -0.172. The summed E-state index contributed by atoms with van der Waals surface area (Å²) in [4.78, 5) is 12.0. The van der Waals surface area contributed by atoms with Gasteiger partial charge in [0, 0.05) is 5.69 Å². The number of nitrogens with one attached hydrogen (secondary N) is 2. The van der Waals surface area contributed by atoms with E-state index in [1.165, 1.54) is 40.0 Å². The summed E-state index contributed by atoms with van der Waals surface area (Å²) >= 11 is 4.04. The first-order valence-corrected chi connectivity index (χ1v) is 10.5. The third-order valence-electron chi connectivity index (χ3n) is 3.39. The topological polar surface area (TPSA) is 90.7 Å². The van der Waals surface area contributed by atoms with Crippen molar-refractivity contribution in [3.63, 3.8) is 0 Å². The molecule has 0 aliphatic carbocycles. The van der Waals surface area contributed by atoms with Crippen LogP contribution in [0.3, 0.4) is 0 Å². The summed E-state index contributed by atoms with van der Waals surface area (Å²) in [6.07, 6.45) is 1.00. The van der Waals surface area contributed by atoms with E-state index in [0.29, 0.717) is 20.0 Å². The van der Waals surface area contributed by atoms with Crippen molar-refractivity contribution in [1.82, 2.24) is 10.2 Å². The first-order valence-electron chi connectivity index (χ1n) is 7.77. The molecule has 0 fully saturated rings. The van der Waals surface area contributed by atoms with Gasteiger partial charge in [0.05, 0.1) is 11.3 Å². The van der Waals surface area contributed by atoms with Crippen LogP contribution in [0.15, 0.2) is 40.1 Å². The van der Waals surface area contributed by atoms with E-state index < -0.39 is 0 Å². The molecule has 0 aliphatic heterocycles. The normalized spacial score (nSPS) is 10.3. The van der Waals surface area contributed by atoms with Gasteiger partial charge in [0.15, 0.2) is 4.34 Å². The lowest BCUT2D eigenvalue weighted by Crippen LogP contribution is -2.13. The van der Waals surface area contributed by atoms with Gasteiger partial charge in [0.2, 0.25) is 11.0 Å². The molecule has 0 radical (unpaired) electrons. The summed E-state index contributed by atoms with van der Waals surface area (Å²) in [6, 6.07) is 11.9. The number of rotatable bonds is 7. The van der Waals surface area contributed by atoms with Gasteiger partial charge in [-0.3, -0.25) is 4.79 Å². The third-order valence-corrected chi connectivity index (χ3v) is 6.19. The number of aryl methyl sites for hydroxylation is 1. The molecular weight excluding hydrogens is 386 g/mol. The van der Waals surface area contributed by atoms with Crippen molar-refractivity contribution in [3.8, 4) is 6.07 Å². The number of hydrogen-bond donors (Lipinski definition) is 2. The Labute approximate surface area is 163 Å². The highest BCUT2D eigenvalue weighted by Crippen LogP contribution is 2.28. The van der Waals surface area contributed by atoms with Gasteiger partial charge in [-0.05, 0) is 35.6 Å². The van der Waals surface area contributed by atoms with Gasteiger partial charge in [-0.15, -0.1) is 21.5 Å². The lowest BCUT2D eigenvalue weighted by Gasteiger charge is -2.02. The van der Waals surface area contributed by atoms with Crippen LogP contribution < -0.4 is 10.6 Å². The quantitative estimate of drug-likeness (QED) is 0.566. The van der Waals surface area contributed by atoms with Crippen LogP contribution in [-0.2, 0) is 11.2 Å². The van der Waals surface area contributed by atoms with Crippen LogP contribution in [0.2, 0.25) is 0 Å². The number of nitriles is 1. The predicted molar refractivity (Wildman–Crippen MR) is 107 cm³/mol. The third kappa shape index (κ3) is 4.82. The van der Waals surface area contributed by atoms with Crippen LogP contribution >= 0.6 is 34.4 Å². The van der Waals surface area contributed by atoms with Crippen molar-refractivity contribution in [2.45, 2.75) is 17.7 Å². The molecule has 0 atom stereocenters. The predicted octanol–water partition coefficient (Wildman–Crippen LogP) is 4.51. The van der Waals surface area contributed by atoms with Crippen LogP contribution in [0.1, 0.15) is 18.1 Å². The zero-order chi connectivity index (χ0) is 18.4. The van der Waals surface area contributed by atoms with Crippen molar-refractivity contribution >= 4 is 56.2 Å². The van der Waals surface area contributed by atoms with Crippen molar-refractivity contribution in [3.05, 3.63) is 46.8 Å². The van der Waals surface area contributed by atoms with Crippen LogP contribution in [-0.4, -0.2) is 21.9 Å². The Morgan fingerprint density at radius 1 is 1.27 bits per heavy atom. The van der Waals surface area contributed by atoms with Gasteiger partial charge in [-0.2, -0.15) is 5.26 Å². The fourth-order valence-corrected chi connectivity index (χ4v) is 4.38. The number of aromatic nitrogens is 2. The first kappa shape index (κ1) is 18.4. The van der Waals surface area contributed by atoms with Gasteiger partial charge in [0.25, 0.3) is 0 Å². The number of anilines is 3. The number of hydrogen-bond acceptors (Lipinski definition) is 8. The Hall–Kier alpha value is -2.41. The molecule has 3 rings (SSSR count). The molecule has 132 valence electrons. The highest BCUT2D eigenvalue weighted by molar-refractivity contribution is 8.01. The van der Waals surface area contributed by atoms with E-state index in [2.05, 4.69) is 39.9 Å². The Kier molecular flexibility index (Phi) is 6.22. The second-order valence-corrected chi connectivity index (χ2v) is 8.28. The van der Waals surface area contributed by atoms with Crippen LogP contribution in [0, 0.1) is 11.3 Å². The van der Waals surface area contributed by atoms with E-state index >= 15 is 0 Å². The molecule has 9 heteroatoms. The van der Waals surface area contributed by atoms with Gasteiger partial charge in [0.1, 0.15) is 11.1 Å². The summed E-state index contributed by atoms with van der Waals surface area (Å²) < 4.78 is 0.708. The standard InChI is InChI=1S/C17H15N5OS3/c1-2-11-3-5-13(6-4-11)19-16-21-22-17(26-16)25-10-14(23)20-15-12(9-18)7-8-24-15/h3-8H,2,10H2,1H3,(H,19,21)(H,20,23). The number of thiophene rings is 1. The lowest BCUT2D eigenvalue weighted by molar-refractivity contribution is -0.113. The van der Waals surface area contributed by atoms with Gasteiger partial charge in [-0.1, -0.05) is 42.2 Å². The number of carbonyl (C=O) groups excluding carboxylic acids is 1. The smallest absolute Gasteiger partial charge is 0.235 e. The molecule has 6 nitrogen and oxygen atoms in total. The van der Waals surface area contributed by atoms with Gasteiger partial charge < -0.3 is 10.6 Å². The Bertz CT molecular complexity index is 927. The van der Waals surface area contributed by atoms with Gasteiger partial charge >= 0.3 is 0 Å². The summed E-state index contributed by atoms with van der Waals surface area (Å²) in [5, 5.41) is 26.1. The minimum Gasteiger partial charge on any atom is -0.330 e. The zero-order valence-corrected chi connectivity index (χ0v) is 16.3. The number of thioether (sulfide) groups is 1. The molecule has 0 bridgehead atoms. The molecule has 0 spiro atoms. The first-order chi connectivity index (χ1) is 12.7. The van der Waals surface area contributed by atoms with Crippen molar-refractivity contribution < 1.29 is 4.79 Å². The molecule has 0 unspecified atom stereocenters. The van der Waals surface area contributed by atoms with E-state index in [9.17, 15) is 4.79 Å². The minimum absolute atomic E-state index is 0.172. The molecule has 2 heterocycles. The SMILES string of the molecule is CCc1ccc(Nc2nnc(SCC(=O)Nc3sccc3C#N)s2)cc1. The van der Waals surface area contributed by atoms with Crippen molar-refractivity contribution in [2.75, 3.05) is 16.4 Å². The average Bonchev–Trinajstić information content (AvgIpc) is 3.29. The lowest BCUT2D eigenvalue weighted by atomic mass is 10.1. The fourth-order valence-electron chi connectivity index (χ4n) is 2.05. The van der Waals surface area contributed by atoms with Crippen molar-refractivity contribution in [1.29, 1.82) is 5.26 Å². The summed E-state index contributed by atoms with van der Waals surface area (Å²) in [6.45, 7) is 2.12. The maximum absolute atomic E-state index is 12.0. The molecular formula is C17H15N5OS3. The second kappa shape index (κ2) is 8.80. The Morgan fingerprint density at radius 3 is 2.81 bits per heavy atom. The number of carbonyl (C=O) groups is 1. The highest BCUT2D eigenvalue weighted by atomic mass is 32.2. The zero-order valence-electron chi connectivity index (χ0n) is 13.9. The summed E-state index contributed by atoms with van der Waals surface area (Å²) in [5.41, 5.74) is 2.71. The molecule has 26 heavy (non-hydrogen) atoms. The average molecular weight is 402 g/mol. The van der Waals surface area contributed by atoms with E-state index in [1.54, 1.807) is 11.4 Å². The van der Waals surface area contributed by atoms with Crippen LogP contribution in [0.4, 0.5) is 15.8 Å². The van der Waals surface area contributed by atoms with Crippen molar-refractivity contribution in [2.24, 2.45) is 0 Å². The van der Waals surface area contributed by atoms with E-state index in [0.717, 1.165) is 12.1 Å². The molecule has 3 aromatic rings. The largest absolute Gasteiger partial charge is 0.330 e. The molecule has 0 saturated carbocycles. The molecule has 2 N–H and O–H groups in total. The second-order valence-electron chi connectivity index (χ2n) is 5.16. The fraction of sp³-hybridized carbons (Fsp3) is 0.176. The Balaban J connectivity index is 1.51. The monoisotopic (exact) mass is 401 g/mol. The van der Waals surface area contributed by atoms with Crippen LogP contribution in [0.25, 0.3) is 0 Å². The van der Waals surface area contributed by atoms with Crippen LogP contribution in [0.5, 0.6) is 0 Å². The number of amides is 1. The Morgan fingerprint density at radius 2 is 2.08 bits per heavy atom. The molecule has 0 aliphatic rings. The molecule has 1 amide bonds. The van der Waals surface area contributed by atoms with E-state index in [1.807, 2.05) is 18.2 Å². The van der Waals surface area contributed by atoms with Gasteiger partial charge in [-0.25, -0.2) is 0 Å². The highest BCUT2D eigenvalue weighted by Gasteiger charge is 2.11. The molecule has 2 aromatic heterocycles. The summed E-state index contributed by atoms with van der Waals surface area (Å²) in [7, 11) is 0. The molecule has 1 aromatic carbocycles. The number of benzene rings is 1.